The average molecular weight is 429 g/mol. The summed E-state index contributed by atoms with van der Waals surface area (Å²) in [6.07, 6.45) is 3.84. The summed E-state index contributed by atoms with van der Waals surface area (Å²) in [5.74, 6) is 0.839. The van der Waals surface area contributed by atoms with Gasteiger partial charge in [-0.1, -0.05) is 18.2 Å². The van der Waals surface area contributed by atoms with Gasteiger partial charge in [-0.25, -0.2) is 8.42 Å². The molecule has 3 rings (SSSR count). The Kier molecular flexibility index (Phi) is 7.76. The number of amides is 1. The first-order valence-electron chi connectivity index (χ1n) is 9.59. The van der Waals surface area contributed by atoms with E-state index in [4.69, 9.17) is 9.47 Å². The van der Waals surface area contributed by atoms with E-state index in [2.05, 4.69) is 4.72 Å². The lowest BCUT2D eigenvalue weighted by Crippen LogP contribution is -2.51. The lowest BCUT2D eigenvalue weighted by atomic mass is 9.95. The molecule has 0 saturated carbocycles. The first-order chi connectivity index (χ1) is 13.5. The second-order valence-corrected chi connectivity index (χ2v) is 9.74. The molecule has 1 atom stereocenters. The Bertz CT molecular complexity index is 730. The quantitative estimate of drug-likeness (QED) is 0.678. The largest absolute Gasteiger partial charge is 0.350 e. The van der Waals surface area contributed by atoms with Gasteiger partial charge in [0.2, 0.25) is 15.9 Å². The maximum Gasteiger partial charge on any atom is 0.241 e. The molecular formula is C19H28N2O5S2. The summed E-state index contributed by atoms with van der Waals surface area (Å²) >= 11 is 1.59. The van der Waals surface area contributed by atoms with E-state index in [1.54, 1.807) is 34.9 Å². The molecular weight excluding hydrogens is 400 g/mol. The standard InChI is InChI=1S/C19H28N2O5S2/c1-27-14-9-17(20-28(23,24)16-5-3-2-4-6-16)18(22)21-10-7-15(8-11-21)19-25-12-13-26-19/h2-6,15,17,19-20H,7-14H2,1H3. The third-order valence-electron chi connectivity index (χ3n) is 5.14. The van der Waals surface area contributed by atoms with E-state index in [0.29, 0.717) is 38.5 Å². The molecule has 0 bridgehead atoms. The first kappa shape index (κ1) is 21.6. The Labute approximate surface area is 171 Å². The van der Waals surface area contributed by atoms with Gasteiger partial charge in [0.1, 0.15) is 6.04 Å². The number of piperidine rings is 1. The lowest BCUT2D eigenvalue weighted by Gasteiger charge is -2.35. The van der Waals surface area contributed by atoms with Crippen LogP contribution in [-0.2, 0) is 24.3 Å². The fourth-order valence-electron chi connectivity index (χ4n) is 3.58. The van der Waals surface area contributed by atoms with E-state index in [1.807, 2.05) is 6.26 Å². The van der Waals surface area contributed by atoms with Crippen molar-refractivity contribution < 1.29 is 22.7 Å². The number of likely N-dealkylation sites (tertiary alicyclic amines) is 1. The Morgan fingerprint density at radius 2 is 1.86 bits per heavy atom. The van der Waals surface area contributed by atoms with E-state index in [1.165, 1.54) is 12.1 Å². The van der Waals surface area contributed by atoms with E-state index in [0.717, 1.165) is 12.8 Å². The van der Waals surface area contributed by atoms with Crippen LogP contribution >= 0.6 is 11.8 Å². The molecule has 2 fully saturated rings. The molecule has 2 aliphatic heterocycles. The van der Waals surface area contributed by atoms with Crippen LogP contribution in [-0.4, -0.2) is 69.9 Å². The van der Waals surface area contributed by atoms with Crippen LogP contribution in [0, 0.1) is 5.92 Å². The summed E-state index contributed by atoms with van der Waals surface area (Å²) in [4.78, 5) is 15.0. The van der Waals surface area contributed by atoms with Crippen LogP contribution < -0.4 is 4.72 Å². The van der Waals surface area contributed by atoms with Gasteiger partial charge in [0.15, 0.2) is 6.29 Å². The molecule has 1 N–H and O–H groups in total. The van der Waals surface area contributed by atoms with Crippen LogP contribution in [0.1, 0.15) is 19.3 Å². The molecule has 1 aromatic carbocycles. The highest BCUT2D eigenvalue weighted by Crippen LogP contribution is 2.26. The second-order valence-electron chi connectivity index (χ2n) is 7.04. The van der Waals surface area contributed by atoms with Gasteiger partial charge in [-0.2, -0.15) is 16.5 Å². The summed E-state index contributed by atoms with van der Waals surface area (Å²) in [5.41, 5.74) is 0. The van der Waals surface area contributed by atoms with Gasteiger partial charge in [0, 0.05) is 19.0 Å². The number of carbonyl (C=O) groups excluding carboxylic acids is 1. The number of hydrogen-bond donors (Lipinski definition) is 1. The number of ether oxygens (including phenoxy) is 2. The lowest BCUT2D eigenvalue weighted by molar-refractivity contribution is -0.138. The zero-order valence-corrected chi connectivity index (χ0v) is 17.7. The zero-order chi connectivity index (χ0) is 20.0. The van der Waals surface area contributed by atoms with Gasteiger partial charge in [-0.05, 0) is 43.4 Å². The van der Waals surface area contributed by atoms with Gasteiger partial charge >= 0.3 is 0 Å². The Morgan fingerprint density at radius 1 is 1.21 bits per heavy atom. The fraction of sp³-hybridized carbons (Fsp3) is 0.632. The summed E-state index contributed by atoms with van der Waals surface area (Å²) in [5, 5.41) is 0. The molecule has 0 aromatic heterocycles. The summed E-state index contributed by atoms with van der Waals surface area (Å²) in [7, 11) is -3.74. The van der Waals surface area contributed by atoms with Crippen LogP contribution in [0.4, 0.5) is 0 Å². The number of hydrogen-bond acceptors (Lipinski definition) is 6. The zero-order valence-electron chi connectivity index (χ0n) is 16.1. The highest BCUT2D eigenvalue weighted by atomic mass is 32.2. The smallest absolute Gasteiger partial charge is 0.241 e. The first-order valence-corrected chi connectivity index (χ1v) is 12.5. The third kappa shape index (κ3) is 5.48. The second kappa shape index (κ2) is 10.1. The molecule has 0 radical (unpaired) electrons. The number of nitrogens with one attached hydrogen (secondary N) is 1. The monoisotopic (exact) mass is 428 g/mol. The minimum absolute atomic E-state index is 0.153. The number of nitrogens with zero attached hydrogens (tertiary/aromatic N) is 1. The van der Waals surface area contributed by atoms with Crippen molar-refractivity contribution in [2.75, 3.05) is 38.3 Å². The van der Waals surface area contributed by atoms with Crippen LogP contribution in [0.5, 0.6) is 0 Å². The van der Waals surface area contributed by atoms with Gasteiger partial charge in [-0.3, -0.25) is 4.79 Å². The minimum Gasteiger partial charge on any atom is -0.350 e. The number of benzene rings is 1. The van der Waals surface area contributed by atoms with Crippen LogP contribution in [0.15, 0.2) is 35.2 Å². The maximum atomic E-state index is 13.1. The molecule has 0 aliphatic carbocycles. The van der Waals surface area contributed by atoms with E-state index >= 15 is 0 Å². The number of sulfonamides is 1. The number of rotatable bonds is 8. The van der Waals surface area contributed by atoms with Gasteiger partial charge in [-0.15, -0.1) is 0 Å². The van der Waals surface area contributed by atoms with Gasteiger partial charge in [0.25, 0.3) is 0 Å². The predicted molar refractivity (Wildman–Crippen MR) is 109 cm³/mol. The third-order valence-corrected chi connectivity index (χ3v) is 7.27. The number of carbonyl (C=O) groups is 1. The van der Waals surface area contributed by atoms with Crippen molar-refractivity contribution in [3.63, 3.8) is 0 Å². The maximum absolute atomic E-state index is 13.1. The molecule has 0 spiro atoms. The van der Waals surface area contributed by atoms with E-state index in [-0.39, 0.29) is 23.0 Å². The van der Waals surface area contributed by atoms with Crippen molar-refractivity contribution in [3.05, 3.63) is 30.3 Å². The molecule has 1 amide bonds. The summed E-state index contributed by atoms with van der Waals surface area (Å²) in [6.45, 7) is 2.44. The Balaban J connectivity index is 1.63. The fourth-order valence-corrected chi connectivity index (χ4v) is 5.30. The molecule has 1 unspecified atom stereocenters. The summed E-state index contributed by atoms with van der Waals surface area (Å²) < 4.78 is 39.2. The number of thioether (sulfide) groups is 1. The van der Waals surface area contributed by atoms with E-state index < -0.39 is 16.1 Å². The molecule has 28 heavy (non-hydrogen) atoms. The van der Waals surface area contributed by atoms with Crippen molar-refractivity contribution in [1.82, 2.24) is 9.62 Å². The van der Waals surface area contributed by atoms with Crippen LogP contribution in [0.25, 0.3) is 0 Å². The topological polar surface area (TPSA) is 84.9 Å². The molecule has 7 nitrogen and oxygen atoms in total. The molecule has 1 aromatic rings. The molecule has 2 aliphatic rings. The molecule has 2 heterocycles. The highest BCUT2D eigenvalue weighted by molar-refractivity contribution is 7.98. The summed E-state index contributed by atoms with van der Waals surface area (Å²) in [6, 6.07) is 7.42. The van der Waals surface area contributed by atoms with Gasteiger partial charge < -0.3 is 14.4 Å². The van der Waals surface area contributed by atoms with Crippen molar-refractivity contribution in [2.45, 2.75) is 36.5 Å². The van der Waals surface area contributed by atoms with Crippen LogP contribution in [0.2, 0.25) is 0 Å². The van der Waals surface area contributed by atoms with E-state index in [9.17, 15) is 13.2 Å². The highest BCUT2D eigenvalue weighted by Gasteiger charge is 2.35. The van der Waals surface area contributed by atoms with Gasteiger partial charge in [0.05, 0.1) is 18.1 Å². The average Bonchev–Trinajstić information content (AvgIpc) is 3.26. The normalized spacial score (nSPS) is 20.4. The molecule has 156 valence electrons. The molecule has 2 saturated heterocycles. The Hall–Kier alpha value is -1.13. The SMILES string of the molecule is CSCCC(NS(=O)(=O)c1ccccc1)C(=O)N1CCC(C2OCCO2)CC1. The van der Waals surface area contributed by atoms with Crippen molar-refractivity contribution in [1.29, 1.82) is 0 Å². The predicted octanol–water partition coefficient (Wildman–Crippen LogP) is 1.70. The van der Waals surface area contributed by atoms with Crippen LogP contribution in [0.3, 0.4) is 0 Å². The Morgan fingerprint density at radius 3 is 2.46 bits per heavy atom. The van der Waals surface area contributed by atoms with Crippen molar-refractivity contribution >= 4 is 27.7 Å². The van der Waals surface area contributed by atoms with Crippen molar-refractivity contribution in [2.24, 2.45) is 5.92 Å². The van der Waals surface area contributed by atoms with Crippen molar-refractivity contribution in [3.8, 4) is 0 Å². The molecule has 9 heteroatoms. The minimum atomic E-state index is -3.74.